The van der Waals surface area contributed by atoms with Gasteiger partial charge in [0.1, 0.15) is 12.3 Å². The number of amides is 3. The van der Waals surface area contributed by atoms with Crippen molar-refractivity contribution in [2.24, 2.45) is 0 Å². The van der Waals surface area contributed by atoms with Gasteiger partial charge in [-0.1, -0.05) is 19.0 Å². The van der Waals surface area contributed by atoms with Gasteiger partial charge in [0.25, 0.3) is 0 Å². The van der Waals surface area contributed by atoms with Crippen molar-refractivity contribution in [3.05, 3.63) is 11.8 Å². The molecule has 0 atom stereocenters. The van der Waals surface area contributed by atoms with E-state index in [9.17, 15) is 9.59 Å². The molecular weight excluding hydrogens is 322 g/mol. The zero-order valence-electron chi connectivity index (χ0n) is 16.2. The first-order valence-electron chi connectivity index (χ1n) is 8.67. The smallest absolute Gasteiger partial charge is 0.318 e. The van der Waals surface area contributed by atoms with Gasteiger partial charge < -0.3 is 25.0 Å². The van der Waals surface area contributed by atoms with E-state index >= 15 is 0 Å². The molecule has 0 aliphatic rings. The van der Waals surface area contributed by atoms with Gasteiger partial charge in [-0.05, 0) is 40.8 Å². The Bertz CT molecular complexity index is 561. The fraction of sp³-hybridized carbons (Fsp3) is 0.706. The molecule has 2 N–H and O–H groups in total. The maximum absolute atomic E-state index is 12.5. The molecule has 0 saturated carbocycles. The van der Waals surface area contributed by atoms with Crippen molar-refractivity contribution in [1.29, 1.82) is 0 Å². The second kappa shape index (κ2) is 9.41. The van der Waals surface area contributed by atoms with Crippen LogP contribution in [-0.4, -0.2) is 65.2 Å². The van der Waals surface area contributed by atoms with E-state index in [0.717, 1.165) is 13.1 Å². The fourth-order valence-electron chi connectivity index (χ4n) is 2.24. The van der Waals surface area contributed by atoms with Crippen LogP contribution in [0.4, 0.5) is 10.6 Å². The van der Waals surface area contributed by atoms with Crippen LogP contribution in [0.5, 0.6) is 0 Å². The summed E-state index contributed by atoms with van der Waals surface area (Å²) in [4.78, 5) is 28.5. The van der Waals surface area contributed by atoms with Crippen molar-refractivity contribution >= 4 is 17.8 Å². The summed E-state index contributed by atoms with van der Waals surface area (Å²) >= 11 is 0. The fourth-order valence-corrected chi connectivity index (χ4v) is 2.24. The van der Waals surface area contributed by atoms with Gasteiger partial charge >= 0.3 is 6.03 Å². The SMILES string of the molecule is CCN(CC)CCN(CC(=O)Nc1cc(C)on1)C(=O)NC(C)(C)C. The summed E-state index contributed by atoms with van der Waals surface area (Å²) in [5.74, 6) is 0.651. The number of nitrogens with one attached hydrogen (secondary N) is 2. The Labute approximate surface area is 149 Å². The maximum Gasteiger partial charge on any atom is 0.318 e. The summed E-state index contributed by atoms with van der Waals surface area (Å²) in [5, 5.41) is 9.29. The average Bonchev–Trinajstić information content (AvgIpc) is 2.90. The van der Waals surface area contributed by atoms with Gasteiger partial charge in [-0.3, -0.25) is 4.79 Å². The zero-order chi connectivity index (χ0) is 19.0. The van der Waals surface area contributed by atoms with E-state index in [1.165, 1.54) is 4.90 Å². The molecule has 0 bridgehead atoms. The molecular formula is C17H31N5O3. The molecule has 0 spiro atoms. The number of aromatic nitrogens is 1. The molecule has 1 rings (SSSR count). The van der Waals surface area contributed by atoms with Crippen LogP contribution in [0.3, 0.4) is 0 Å². The number of carbonyl (C=O) groups is 2. The zero-order valence-corrected chi connectivity index (χ0v) is 16.2. The minimum absolute atomic E-state index is 0.0465. The number of nitrogens with zero attached hydrogens (tertiary/aromatic N) is 3. The molecule has 0 aliphatic carbocycles. The second-order valence-electron chi connectivity index (χ2n) is 7.00. The van der Waals surface area contributed by atoms with Crippen LogP contribution in [0.15, 0.2) is 10.6 Å². The number of hydrogen-bond donors (Lipinski definition) is 2. The Balaban J connectivity index is 2.71. The number of likely N-dealkylation sites (N-methyl/N-ethyl adjacent to an activating group) is 1. The maximum atomic E-state index is 12.5. The summed E-state index contributed by atoms with van der Waals surface area (Å²) < 4.78 is 4.93. The van der Waals surface area contributed by atoms with Crippen LogP contribution in [0.1, 0.15) is 40.4 Å². The Hall–Kier alpha value is -2.09. The van der Waals surface area contributed by atoms with Gasteiger partial charge in [0.05, 0.1) is 0 Å². The highest BCUT2D eigenvalue weighted by atomic mass is 16.5. The number of anilines is 1. The third-order valence-corrected chi connectivity index (χ3v) is 3.58. The molecule has 1 aromatic heterocycles. The first kappa shape index (κ1) is 21.0. The quantitative estimate of drug-likeness (QED) is 0.747. The molecule has 1 heterocycles. The summed E-state index contributed by atoms with van der Waals surface area (Å²) in [7, 11) is 0. The third kappa shape index (κ3) is 8.02. The van der Waals surface area contributed by atoms with Crippen molar-refractivity contribution < 1.29 is 14.1 Å². The van der Waals surface area contributed by atoms with E-state index in [-0.39, 0.29) is 24.0 Å². The molecule has 0 fully saturated rings. The van der Waals surface area contributed by atoms with Crippen molar-refractivity contribution in [1.82, 2.24) is 20.3 Å². The van der Waals surface area contributed by atoms with Crippen LogP contribution in [0, 0.1) is 6.92 Å². The van der Waals surface area contributed by atoms with Crippen LogP contribution < -0.4 is 10.6 Å². The van der Waals surface area contributed by atoms with E-state index in [1.807, 2.05) is 20.8 Å². The molecule has 0 unspecified atom stereocenters. The first-order valence-corrected chi connectivity index (χ1v) is 8.67. The summed E-state index contributed by atoms with van der Waals surface area (Å²) in [6.45, 7) is 14.5. The van der Waals surface area contributed by atoms with Crippen molar-refractivity contribution in [3.63, 3.8) is 0 Å². The normalized spacial score (nSPS) is 11.5. The van der Waals surface area contributed by atoms with Gasteiger partial charge in [0, 0.05) is 24.7 Å². The molecule has 1 aromatic rings. The standard InChI is InChI=1S/C17H31N5O3/c1-7-21(8-2)9-10-22(16(24)19-17(4,5)6)12-15(23)18-14-11-13(3)25-20-14/h11H,7-10,12H2,1-6H3,(H,19,24)(H,18,20,23). The monoisotopic (exact) mass is 353 g/mol. The van der Waals surface area contributed by atoms with Crippen molar-refractivity contribution in [2.75, 3.05) is 38.0 Å². The minimum atomic E-state index is -0.371. The predicted octanol–water partition coefficient (Wildman–Crippen LogP) is 2.07. The Kier molecular flexibility index (Phi) is 7.89. The molecule has 8 nitrogen and oxygen atoms in total. The molecule has 0 saturated heterocycles. The molecule has 0 aromatic carbocycles. The molecule has 8 heteroatoms. The van der Waals surface area contributed by atoms with Gasteiger partial charge in [0.2, 0.25) is 5.91 Å². The lowest BCUT2D eigenvalue weighted by atomic mass is 10.1. The molecule has 0 radical (unpaired) electrons. The largest absolute Gasteiger partial charge is 0.360 e. The lowest BCUT2D eigenvalue weighted by Gasteiger charge is -2.29. The predicted molar refractivity (Wildman–Crippen MR) is 97.5 cm³/mol. The van der Waals surface area contributed by atoms with E-state index in [2.05, 4.69) is 34.5 Å². The van der Waals surface area contributed by atoms with Gasteiger partial charge in [-0.15, -0.1) is 0 Å². The van der Waals surface area contributed by atoms with Crippen LogP contribution in [0.2, 0.25) is 0 Å². The van der Waals surface area contributed by atoms with E-state index < -0.39 is 0 Å². The third-order valence-electron chi connectivity index (χ3n) is 3.58. The highest BCUT2D eigenvalue weighted by molar-refractivity contribution is 5.93. The molecule has 25 heavy (non-hydrogen) atoms. The highest BCUT2D eigenvalue weighted by Crippen LogP contribution is 2.07. The number of rotatable bonds is 8. The minimum Gasteiger partial charge on any atom is -0.360 e. The number of hydrogen-bond acceptors (Lipinski definition) is 5. The summed E-state index contributed by atoms with van der Waals surface area (Å²) in [6.07, 6.45) is 0. The average molecular weight is 353 g/mol. The van der Waals surface area contributed by atoms with Gasteiger partial charge in [0.15, 0.2) is 5.82 Å². The van der Waals surface area contributed by atoms with Crippen molar-refractivity contribution in [2.45, 2.75) is 47.1 Å². The summed E-state index contributed by atoms with van der Waals surface area (Å²) in [5.41, 5.74) is -0.371. The number of urea groups is 1. The molecule has 142 valence electrons. The molecule has 3 amide bonds. The van der Waals surface area contributed by atoms with Gasteiger partial charge in [-0.2, -0.15) is 0 Å². The van der Waals surface area contributed by atoms with Crippen LogP contribution in [0.25, 0.3) is 0 Å². The topological polar surface area (TPSA) is 90.7 Å². The lowest BCUT2D eigenvalue weighted by molar-refractivity contribution is -0.116. The van der Waals surface area contributed by atoms with E-state index in [0.29, 0.717) is 24.7 Å². The Morgan fingerprint density at radius 3 is 2.32 bits per heavy atom. The number of aryl methyl sites for hydroxylation is 1. The highest BCUT2D eigenvalue weighted by Gasteiger charge is 2.22. The van der Waals surface area contributed by atoms with Crippen LogP contribution >= 0.6 is 0 Å². The van der Waals surface area contributed by atoms with Crippen LogP contribution in [-0.2, 0) is 4.79 Å². The lowest BCUT2D eigenvalue weighted by Crippen LogP contribution is -2.52. The van der Waals surface area contributed by atoms with E-state index in [1.54, 1.807) is 13.0 Å². The second-order valence-corrected chi connectivity index (χ2v) is 7.00. The van der Waals surface area contributed by atoms with E-state index in [4.69, 9.17) is 4.52 Å². The van der Waals surface area contributed by atoms with Gasteiger partial charge in [-0.25, -0.2) is 4.79 Å². The molecule has 0 aliphatic heterocycles. The summed E-state index contributed by atoms with van der Waals surface area (Å²) in [6, 6.07) is 1.37. The Morgan fingerprint density at radius 2 is 1.84 bits per heavy atom. The number of carbonyl (C=O) groups excluding carboxylic acids is 2. The Morgan fingerprint density at radius 1 is 1.20 bits per heavy atom. The van der Waals surface area contributed by atoms with Crippen molar-refractivity contribution in [3.8, 4) is 0 Å². The first-order chi connectivity index (χ1) is 11.6.